The molecule has 0 atom stereocenters. The molecule has 2 aromatic carbocycles. The second-order valence-electron chi connectivity index (χ2n) is 4.06. The largest absolute Gasteiger partial charge is 0.381 e. The Labute approximate surface area is 124 Å². The Balaban J connectivity index is 2.09. The van der Waals surface area contributed by atoms with Gasteiger partial charge in [-0.2, -0.15) is 0 Å². The van der Waals surface area contributed by atoms with Crippen molar-refractivity contribution >= 4 is 39.9 Å². The Morgan fingerprint density at radius 2 is 2.00 bits per heavy atom. The van der Waals surface area contributed by atoms with E-state index in [2.05, 4.69) is 34.0 Å². The van der Waals surface area contributed by atoms with Crippen LogP contribution in [0.4, 0.5) is 10.1 Å². The van der Waals surface area contributed by atoms with Crippen molar-refractivity contribution in [1.82, 2.24) is 0 Å². The van der Waals surface area contributed by atoms with Gasteiger partial charge in [-0.1, -0.05) is 17.7 Å². The van der Waals surface area contributed by atoms with Crippen molar-refractivity contribution in [3.63, 3.8) is 0 Å². The summed E-state index contributed by atoms with van der Waals surface area (Å²) in [6, 6.07) is 11.0. The van der Waals surface area contributed by atoms with E-state index in [4.69, 9.17) is 11.6 Å². The maximum atomic E-state index is 13.3. The van der Waals surface area contributed by atoms with Gasteiger partial charge in [0, 0.05) is 15.8 Å². The van der Waals surface area contributed by atoms with E-state index in [1.807, 2.05) is 25.1 Å². The maximum absolute atomic E-state index is 13.3. The van der Waals surface area contributed by atoms with Crippen molar-refractivity contribution in [2.45, 2.75) is 13.5 Å². The lowest BCUT2D eigenvalue weighted by atomic mass is 10.2. The molecule has 0 heterocycles. The molecule has 0 aliphatic rings. The standard InChI is InChI=1S/C14H12ClFIN/c1-9-6-11(17)3-5-14(9)18-8-10-2-4-12(15)13(16)7-10/h2-7,18H,8H2,1H3. The summed E-state index contributed by atoms with van der Waals surface area (Å²) in [7, 11) is 0. The molecule has 2 rings (SSSR count). The van der Waals surface area contributed by atoms with Crippen LogP contribution in [-0.4, -0.2) is 0 Å². The van der Waals surface area contributed by atoms with Crippen LogP contribution in [0.25, 0.3) is 0 Å². The van der Waals surface area contributed by atoms with E-state index in [1.165, 1.54) is 15.2 Å². The van der Waals surface area contributed by atoms with E-state index >= 15 is 0 Å². The van der Waals surface area contributed by atoms with Crippen LogP contribution in [0.3, 0.4) is 0 Å². The zero-order valence-corrected chi connectivity index (χ0v) is 12.7. The van der Waals surface area contributed by atoms with Crippen LogP contribution in [0, 0.1) is 16.3 Å². The highest BCUT2D eigenvalue weighted by molar-refractivity contribution is 14.1. The number of hydrogen-bond donors (Lipinski definition) is 1. The van der Waals surface area contributed by atoms with E-state index in [-0.39, 0.29) is 10.8 Å². The normalized spacial score (nSPS) is 10.4. The first-order valence-corrected chi connectivity index (χ1v) is 6.96. The minimum atomic E-state index is -0.379. The van der Waals surface area contributed by atoms with Gasteiger partial charge in [-0.25, -0.2) is 4.39 Å². The molecule has 0 aromatic heterocycles. The molecule has 2 aromatic rings. The lowest BCUT2D eigenvalue weighted by molar-refractivity contribution is 0.626. The third kappa shape index (κ3) is 3.36. The molecule has 0 saturated carbocycles. The summed E-state index contributed by atoms with van der Waals surface area (Å²) in [5, 5.41) is 3.45. The average molecular weight is 376 g/mol. The Morgan fingerprint density at radius 1 is 1.22 bits per heavy atom. The number of nitrogens with one attached hydrogen (secondary N) is 1. The first-order valence-electron chi connectivity index (χ1n) is 5.50. The van der Waals surface area contributed by atoms with Gasteiger partial charge in [0.15, 0.2) is 0 Å². The Bertz CT molecular complexity index is 572. The molecule has 0 amide bonds. The topological polar surface area (TPSA) is 12.0 Å². The van der Waals surface area contributed by atoms with Gasteiger partial charge in [0.2, 0.25) is 0 Å². The fourth-order valence-corrected chi connectivity index (χ4v) is 2.44. The first kappa shape index (κ1) is 13.6. The van der Waals surface area contributed by atoms with Crippen LogP contribution in [0.2, 0.25) is 5.02 Å². The van der Waals surface area contributed by atoms with Crippen molar-refractivity contribution in [2.24, 2.45) is 0 Å². The lowest BCUT2D eigenvalue weighted by Crippen LogP contribution is -2.01. The molecule has 94 valence electrons. The molecular formula is C14H12ClFIN. The second kappa shape index (κ2) is 5.89. The highest BCUT2D eigenvalue weighted by atomic mass is 127. The molecule has 1 N–H and O–H groups in total. The van der Waals surface area contributed by atoms with Gasteiger partial charge in [0.05, 0.1) is 5.02 Å². The molecule has 0 saturated heterocycles. The van der Waals surface area contributed by atoms with E-state index < -0.39 is 0 Å². The van der Waals surface area contributed by atoms with E-state index in [1.54, 1.807) is 6.07 Å². The third-order valence-electron chi connectivity index (χ3n) is 2.66. The molecule has 1 nitrogen and oxygen atoms in total. The molecular weight excluding hydrogens is 364 g/mol. The summed E-state index contributed by atoms with van der Waals surface area (Å²) in [5.41, 5.74) is 3.11. The van der Waals surface area contributed by atoms with Gasteiger partial charge in [0.1, 0.15) is 5.82 Å². The SMILES string of the molecule is Cc1cc(I)ccc1NCc1ccc(Cl)c(F)c1. The van der Waals surface area contributed by atoms with Crippen LogP contribution in [-0.2, 0) is 6.54 Å². The van der Waals surface area contributed by atoms with Crippen molar-refractivity contribution in [2.75, 3.05) is 5.32 Å². The Hall–Kier alpha value is -0.810. The van der Waals surface area contributed by atoms with Crippen LogP contribution >= 0.6 is 34.2 Å². The fourth-order valence-electron chi connectivity index (χ4n) is 1.67. The summed E-state index contributed by atoms with van der Waals surface area (Å²) < 4.78 is 14.5. The zero-order valence-electron chi connectivity index (χ0n) is 9.81. The Morgan fingerprint density at radius 3 is 2.67 bits per heavy atom. The molecule has 0 spiro atoms. The number of halogens is 3. The van der Waals surface area contributed by atoms with Crippen LogP contribution in [0.1, 0.15) is 11.1 Å². The third-order valence-corrected chi connectivity index (χ3v) is 3.63. The van der Waals surface area contributed by atoms with Crippen LogP contribution in [0.15, 0.2) is 36.4 Å². The molecule has 0 radical (unpaired) electrons. The quantitative estimate of drug-likeness (QED) is 0.744. The number of rotatable bonds is 3. The summed E-state index contributed by atoms with van der Waals surface area (Å²) in [6.07, 6.45) is 0. The highest BCUT2D eigenvalue weighted by Gasteiger charge is 2.02. The number of anilines is 1. The van der Waals surface area contributed by atoms with Crippen molar-refractivity contribution in [3.05, 3.63) is 61.9 Å². The Kier molecular flexibility index (Phi) is 4.45. The molecule has 18 heavy (non-hydrogen) atoms. The molecule has 0 bridgehead atoms. The van der Waals surface area contributed by atoms with Crippen molar-refractivity contribution < 1.29 is 4.39 Å². The molecule has 0 aliphatic heterocycles. The molecule has 0 fully saturated rings. The monoisotopic (exact) mass is 375 g/mol. The average Bonchev–Trinajstić information content (AvgIpc) is 2.32. The van der Waals surface area contributed by atoms with E-state index in [9.17, 15) is 4.39 Å². The van der Waals surface area contributed by atoms with Gasteiger partial charge < -0.3 is 5.32 Å². The summed E-state index contributed by atoms with van der Waals surface area (Å²) in [6.45, 7) is 2.63. The van der Waals surface area contributed by atoms with E-state index in [0.717, 1.165) is 11.3 Å². The van der Waals surface area contributed by atoms with Crippen LogP contribution < -0.4 is 5.32 Å². The highest BCUT2D eigenvalue weighted by Crippen LogP contribution is 2.20. The van der Waals surface area contributed by atoms with Gasteiger partial charge in [-0.15, -0.1) is 0 Å². The van der Waals surface area contributed by atoms with Gasteiger partial charge in [-0.3, -0.25) is 0 Å². The molecule has 0 unspecified atom stereocenters. The minimum absolute atomic E-state index is 0.157. The lowest BCUT2D eigenvalue weighted by Gasteiger charge is -2.10. The van der Waals surface area contributed by atoms with Gasteiger partial charge in [0.25, 0.3) is 0 Å². The summed E-state index contributed by atoms with van der Waals surface area (Å²) in [5.74, 6) is -0.379. The van der Waals surface area contributed by atoms with Crippen molar-refractivity contribution in [3.8, 4) is 0 Å². The second-order valence-corrected chi connectivity index (χ2v) is 5.71. The number of aryl methyl sites for hydroxylation is 1. The summed E-state index contributed by atoms with van der Waals surface area (Å²) in [4.78, 5) is 0. The van der Waals surface area contributed by atoms with Crippen molar-refractivity contribution in [1.29, 1.82) is 0 Å². The number of hydrogen-bond acceptors (Lipinski definition) is 1. The smallest absolute Gasteiger partial charge is 0.142 e. The fraction of sp³-hybridized carbons (Fsp3) is 0.143. The predicted octanol–water partition coefficient (Wildman–Crippen LogP) is 5.00. The maximum Gasteiger partial charge on any atom is 0.142 e. The van der Waals surface area contributed by atoms with Gasteiger partial charge in [-0.05, 0) is 71.0 Å². The number of benzene rings is 2. The van der Waals surface area contributed by atoms with E-state index in [0.29, 0.717) is 6.54 Å². The molecule has 4 heteroatoms. The van der Waals surface area contributed by atoms with Gasteiger partial charge >= 0.3 is 0 Å². The van der Waals surface area contributed by atoms with Crippen LogP contribution in [0.5, 0.6) is 0 Å². The predicted molar refractivity (Wildman–Crippen MR) is 82.6 cm³/mol. The first-order chi connectivity index (χ1) is 8.56. The molecule has 0 aliphatic carbocycles. The summed E-state index contributed by atoms with van der Waals surface area (Å²) >= 11 is 7.92. The minimum Gasteiger partial charge on any atom is -0.381 e. The zero-order chi connectivity index (χ0) is 13.1.